The molecular formula is C15H12ClNO4S2. The second-order valence-electron chi connectivity index (χ2n) is 5.07. The molecule has 0 fully saturated rings. The third kappa shape index (κ3) is 2.75. The van der Waals surface area contributed by atoms with E-state index in [1.165, 1.54) is 12.1 Å². The predicted molar refractivity (Wildman–Crippen MR) is 88.7 cm³/mol. The van der Waals surface area contributed by atoms with Gasteiger partial charge in [0.25, 0.3) is 19.1 Å². The highest BCUT2D eigenvalue weighted by molar-refractivity contribution is 8.14. The van der Waals surface area contributed by atoms with Gasteiger partial charge >= 0.3 is 0 Å². The Labute approximate surface area is 138 Å². The van der Waals surface area contributed by atoms with Crippen molar-refractivity contribution in [2.45, 2.75) is 16.7 Å². The fraction of sp³-hybridized carbons (Fsp3) is 0.0667. The van der Waals surface area contributed by atoms with E-state index in [1.807, 2.05) is 0 Å². The molecule has 0 saturated carbocycles. The van der Waals surface area contributed by atoms with Crippen LogP contribution < -0.4 is 0 Å². The average Bonchev–Trinajstić information content (AvgIpc) is 2.87. The average molecular weight is 370 g/mol. The lowest BCUT2D eigenvalue weighted by molar-refractivity contribution is 0.589. The molecule has 0 aliphatic carbocycles. The van der Waals surface area contributed by atoms with E-state index in [-0.39, 0.29) is 20.7 Å². The predicted octanol–water partition coefficient (Wildman–Crippen LogP) is 3.11. The van der Waals surface area contributed by atoms with Crippen molar-refractivity contribution in [3.05, 3.63) is 60.3 Å². The minimum absolute atomic E-state index is 0.0666. The van der Waals surface area contributed by atoms with E-state index in [1.54, 1.807) is 43.3 Å². The minimum Gasteiger partial charge on any atom is -0.240 e. The van der Waals surface area contributed by atoms with Crippen LogP contribution in [0.25, 0.3) is 10.9 Å². The third-order valence-corrected chi connectivity index (χ3v) is 6.49. The maximum Gasteiger partial charge on any atom is 0.268 e. The van der Waals surface area contributed by atoms with Crippen LogP contribution >= 0.6 is 10.7 Å². The Bertz CT molecular complexity index is 1100. The van der Waals surface area contributed by atoms with Crippen molar-refractivity contribution in [2.75, 3.05) is 0 Å². The summed E-state index contributed by atoms with van der Waals surface area (Å²) in [4.78, 5) is -0.161. The Kier molecular flexibility index (Phi) is 3.74. The van der Waals surface area contributed by atoms with E-state index >= 15 is 0 Å². The molecule has 3 rings (SSSR count). The van der Waals surface area contributed by atoms with Gasteiger partial charge in [0.05, 0.1) is 10.4 Å². The Morgan fingerprint density at radius 2 is 1.61 bits per heavy atom. The number of aryl methyl sites for hydroxylation is 1. The van der Waals surface area contributed by atoms with Gasteiger partial charge in [0, 0.05) is 22.3 Å². The molecule has 8 heteroatoms. The summed E-state index contributed by atoms with van der Waals surface area (Å²) in [6, 6.07) is 12.7. The molecule has 0 radical (unpaired) electrons. The highest BCUT2D eigenvalue weighted by Gasteiger charge is 2.25. The van der Waals surface area contributed by atoms with Crippen molar-refractivity contribution in [1.29, 1.82) is 0 Å². The van der Waals surface area contributed by atoms with Crippen molar-refractivity contribution in [3.8, 4) is 0 Å². The highest BCUT2D eigenvalue weighted by Crippen LogP contribution is 2.31. The molecule has 0 N–H and O–H groups in total. The van der Waals surface area contributed by atoms with E-state index in [0.717, 1.165) is 15.7 Å². The van der Waals surface area contributed by atoms with Crippen LogP contribution in [0, 0.1) is 6.92 Å². The molecule has 120 valence electrons. The number of aromatic nitrogens is 1. The van der Waals surface area contributed by atoms with Crippen LogP contribution in [0.2, 0.25) is 0 Å². The second kappa shape index (κ2) is 5.36. The van der Waals surface area contributed by atoms with Gasteiger partial charge in [-0.15, -0.1) is 0 Å². The number of hydrogen-bond donors (Lipinski definition) is 0. The van der Waals surface area contributed by atoms with Crippen molar-refractivity contribution in [1.82, 2.24) is 3.97 Å². The summed E-state index contributed by atoms with van der Waals surface area (Å²) in [7, 11) is -2.55. The molecule has 0 amide bonds. The zero-order chi connectivity index (χ0) is 16.8. The lowest BCUT2D eigenvalue weighted by Gasteiger charge is -2.07. The van der Waals surface area contributed by atoms with Gasteiger partial charge in [0.1, 0.15) is 4.90 Å². The van der Waals surface area contributed by atoms with Crippen LogP contribution in [-0.2, 0) is 19.1 Å². The van der Waals surface area contributed by atoms with Gasteiger partial charge in [-0.1, -0.05) is 30.3 Å². The maximum atomic E-state index is 12.8. The number of fused-ring (bicyclic) bond motifs is 1. The molecular weight excluding hydrogens is 358 g/mol. The summed E-state index contributed by atoms with van der Waals surface area (Å²) in [5.41, 5.74) is 1.08. The van der Waals surface area contributed by atoms with Crippen LogP contribution in [0.5, 0.6) is 0 Å². The Balaban J connectivity index is 2.41. The van der Waals surface area contributed by atoms with E-state index in [4.69, 9.17) is 10.7 Å². The summed E-state index contributed by atoms with van der Waals surface area (Å²) < 4.78 is 50.1. The largest absolute Gasteiger partial charge is 0.268 e. The summed E-state index contributed by atoms with van der Waals surface area (Å²) >= 11 is 0. The topological polar surface area (TPSA) is 73.2 Å². The zero-order valence-electron chi connectivity index (χ0n) is 12.0. The van der Waals surface area contributed by atoms with Crippen molar-refractivity contribution in [2.24, 2.45) is 0 Å². The third-order valence-electron chi connectivity index (χ3n) is 3.45. The van der Waals surface area contributed by atoms with Crippen LogP contribution in [-0.4, -0.2) is 20.8 Å². The van der Waals surface area contributed by atoms with E-state index in [2.05, 4.69) is 0 Å². The molecule has 5 nitrogen and oxygen atoms in total. The molecule has 23 heavy (non-hydrogen) atoms. The van der Waals surface area contributed by atoms with Crippen molar-refractivity contribution >= 4 is 40.7 Å². The van der Waals surface area contributed by atoms with Crippen molar-refractivity contribution < 1.29 is 16.8 Å². The Morgan fingerprint density at radius 3 is 2.22 bits per heavy atom. The van der Waals surface area contributed by atoms with E-state index in [0.29, 0.717) is 0 Å². The SMILES string of the molecule is Cc1ccc2c(S(=O)(=O)Cl)cn(S(=O)(=O)c3ccccc3)c2c1. The quantitative estimate of drug-likeness (QED) is 0.665. The molecule has 0 spiro atoms. The molecule has 0 bridgehead atoms. The van der Waals surface area contributed by atoms with Crippen LogP contribution in [0.15, 0.2) is 64.5 Å². The summed E-state index contributed by atoms with van der Waals surface area (Å²) in [6.45, 7) is 1.79. The molecule has 0 aliphatic heterocycles. The van der Waals surface area contributed by atoms with Crippen LogP contribution in [0.3, 0.4) is 0 Å². The van der Waals surface area contributed by atoms with Crippen LogP contribution in [0.4, 0.5) is 0 Å². The van der Waals surface area contributed by atoms with Crippen LogP contribution in [0.1, 0.15) is 5.56 Å². The first kappa shape index (κ1) is 16.0. The van der Waals surface area contributed by atoms with Crippen molar-refractivity contribution in [3.63, 3.8) is 0 Å². The molecule has 0 unspecified atom stereocenters. The second-order valence-corrected chi connectivity index (χ2v) is 9.42. The molecule has 0 saturated heterocycles. The minimum atomic E-state index is -4.08. The fourth-order valence-electron chi connectivity index (χ4n) is 2.38. The number of halogens is 1. The first-order valence-electron chi connectivity index (χ1n) is 6.58. The number of hydrogen-bond acceptors (Lipinski definition) is 4. The van der Waals surface area contributed by atoms with Gasteiger partial charge in [0.15, 0.2) is 0 Å². The lowest BCUT2D eigenvalue weighted by atomic mass is 10.2. The van der Waals surface area contributed by atoms with Gasteiger partial charge in [-0.3, -0.25) is 0 Å². The van der Waals surface area contributed by atoms with E-state index in [9.17, 15) is 16.8 Å². The summed E-state index contributed by atoms with van der Waals surface area (Å²) in [5, 5.41) is 0.269. The zero-order valence-corrected chi connectivity index (χ0v) is 14.4. The first-order valence-corrected chi connectivity index (χ1v) is 10.3. The van der Waals surface area contributed by atoms with Gasteiger partial charge < -0.3 is 0 Å². The molecule has 0 atom stereocenters. The number of rotatable bonds is 3. The Hall–Kier alpha value is -1.83. The number of benzene rings is 2. The first-order chi connectivity index (χ1) is 10.7. The van der Waals surface area contributed by atoms with Gasteiger partial charge in [-0.25, -0.2) is 20.8 Å². The summed E-state index contributed by atoms with van der Waals surface area (Å²) in [6.07, 6.45) is 1.05. The van der Waals surface area contributed by atoms with Gasteiger partial charge in [0.2, 0.25) is 0 Å². The molecule has 1 aromatic heterocycles. The van der Waals surface area contributed by atoms with Gasteiger partial charge in [-0.05, 0) is 30.7 Å². The normalized spacial score (nSPS) is 12.6. The monoisotopic (exact) mass is 369 g/mol. The number of nitrogens with zero attached hydrogens (tertiary/aromatic N) is 1. The highest BCUT2D eigenvalue weighted by atomic mass is 35.7. The fourth-order valence-corrected chi connectivity index (χ4v) is 4.86. The molecule has 0 aliphatic rings. The lowest BCUT2D eigenvalue weighted by Crippen LogP contribution is -2.11. The molecule has 3 aromatic rings. The smallest absolute Gasteiger partial charge is 0.240 e. The Morgan fingerprint density at radius 1 is 0.957 bits per heavy atom. The molecule has 1 heterocycles. The van der Waals surface area contributed by atoms with Gasteiger partial charge in [-0.2, -0.15) is 0 Å². The summed E-state index contributed by atoms with van der Waals surface area (Å²) in [5.74, 6) is 0. The van der Waals surface area contributed by atoms with E-state index < -0.39 is 19.1 Å². The standard InChI is InChI=1S/C15H12ClNO4S2/c1-11-7-8-13-14(9-11)17(10-15(13)22(16,18)19)23(20,21)12-5-3-2-4-6-12/h2-10H,1H3. The maximum absolute atomic E-state index is 12.8. The molecule has 2 aromatic carbocycles.